The summed E-state index contributed by atoms with van der Waals surface area (Å²) in [5, 5.41) is 23.4. The molecule has 0 aliphatic carbocycles. The number of carbonyl (C=O) groups is 2. The summed E-state index contributed by atoms with van der Waals surface area (Å²) in [4.78, 5) is 24.7. The molecule has 0 aliphatic rings. The number of unbranched alkanes of at least 4 members (excludes halogenated alkanes) is 60. The van der Waals surface area contributed by atoms with Gasteiger partial charge < -0.3 is 20.3 Å². The minimum absolute atomic E-state index is 0.0226. The third-order valence-corrected chi connectivity index (χ3v) is 18.3. The highest BCUT2D eigenvalue weighted by atomic mass is 16.5. The first-order valence-electron chi connectivity index (χ1n) is 38.4. The molecule has 0 fully saturated rings. The zero-order valence-corrected chi connectivity index (χ0v) is 56.7. The third-order valence-electron chi connectivity index (χ3n) is 18.3. The van der Waals surface area contributed by atoms with E-state index in [-0.39, 0.29) is 18.5 Å². The molecule has 2 unspecified atom stereocenters. The maximum atomic E-state index is 12.5. The molecule has 0 aromatic carbocycles. The van der Waals surface area contributed by atoms with E-state index in [0.717, 1.165) is 38.5 Å². The molecule has 1 amide bonds. The molecular weight excluding hydrogens is 1020 g/mol. The number of allylic oxidation sites excluding steroid dienone is 2. The first-order chi connectivity index (χ1) is 41.0. The van der Waals surface area contributed by atoms with Crippen molar-refractivity contribution in [1.29, 1.82) is 0 Å². The summed E-state index contributed by atoms with van der Waals surface area (Å²) in [5.74, 6) is -0.00685. The summed E-state index contributed by atoms with van der Waals surface area (Å²) < 4.78 is 5.52. The van der Waals surface area contributed by atoms with Crippen LogP contribution in [0.4, 0.5) is 0 Å². The van der Waals surface area contributed by atoms with Crippen molar-refractivity contribution >= 4 is 11.9 Å². The molecule has 494 valence electrons. The summed E-state index contributed by atoms with van der Waals surface area (Å²) >= 11 is 0. The molecule has 0 saturated carbocycles. The van der Waals surface area contributed by atoms with Gasteiger partial charge in [0.05, 0.1) is 25.4 Å². The number of hydrogen-bond acceptors (Lipinski definition) is 5. The summed E-state index contributed by atoms with van der Waals surface area (Å²) in [6.45, 7) is 5.01. The van der Waals surface area contributed by atoms with Gasteiger partial charge in [0.2, 0.25) is 5.91 Å². The zero-order valence-electron chi connectivity index (χ0n) is 56.7. The van der Waals surface area contributed by atoms with Crippen molar-refractivity contribution in [2.75, 3.05) is 13.2 Å². The van der Waals surface area contributed by atoms with Crippen LogP contribution in [-0.4, -0.2) is 47.4 Å². The summed E-state index contributed by atoms with van der Waals surface area (Å²) in [6.07, 6.45) is 91.4. The average Bonchev–Trinajstić information content (AvgIpc) is 3.49. The van der Waals surface area contributed by atoms with Crippen LogP contribution in [0.3, 0.4) is 0 Å². The maximum Gasteiger partial charge on any atom is 0.305 e. The van der Waals surface area contributed by atoms with E-state index in [9.17, 15) is 19.8 Å². The van der Waals surface area contributed by atoms with E-state index in [1.165, 1.54) is 372 Å². The molecule has 83 heavy (non-hydrogen) atoms. The number of carbonyl (C=O) groups excluding carboxylic acids is 2. The van der Waals surface area contributed by atoms with Crippen molar-refractivity contribution in [3.05, 3.63) is 12.2 Å². The van der Waals surface area contributed by atoms with E-state index in [4.69, 9.17) is 4.74 Å². The van der Waals surface area contributed by atoms with Crippen LogP contribution in [0.5, 0.6) is 0 Å². The Morgan fingerprint density at radius 3 is 0.855 bits per heavy atom. The molecule has 0 rings (SSSR count). The van der Waals surface area contributed by atoms with Crippen molar-refractivity contribution in [3.8, 4) is 0 Å². The molecule has 6 heteroatoms. The highest BCUT2D eigenvalue weighted by molar-refractivity contribution is 5.76. The van der Waals surface area contributed by atoms with Gasteiger partial charge in [0, 0.05) is 12.8 Å². The van der Waals surface area contributed by atoms with Gasteiger partial charge in [-0.05, 0) is 51.4 Å². The molecule has 0 spiro atoms. The largest absolute Gasteiger partial charge is 0.466 e. The Morgan fingerprint density at radius 1 is 0.325 bits per heavy atom. The predicted molar refractivity (Wildman–Crippen MR) is 366 cm³/mol. The van der Waals surface area contributed by atoms with Crippen molar-refractivity contribution in [2.45, 2.75) is 456 Å². The Bertz CT molecular complexity index is 1260. The monoisotopic (exact) mass is 1170 g/mol. The van der Waals surface area contributed by atoms with Gasteiger partial charge in [-0.3, -0.25) is 9.59 Å². The lowest BCUT2D eigenvalue weighted by molar-refractivity contribution is -0.143. The van der Waals surface area contributed by atoms with Gasteiger partial charge in [0.1, 0.15) is 0 Å². The van der Waals surface area contributed by atoms with Gasteiger partial charge in [0.25, 0.3) is 0 Å². The van der Waals surface area contributed by atoms with Gasteiger partial charge >= 0.3 is 5.97 Å². The number of aliphatic hydroxyl groups is 2. The Hall–Kier alpha value is -1.40. The standard InChI is InChI=1S/C77H151NO5/c1-3-5-7-9-11-13-15-17-19-21-34-39-43-47-51-55-59-63-67-71-77(82)83-72-68-64-60-56-52-48-44-40-36-33-31-29-27-25-23-24-26-28-30-32-35-38-42-46-50-54-58-62-66-70-76(81)78-74(73-79)75(80)69-65-61-57-53-49-45-41-37-22-20-18-16-14-12-10-8-6-4-2/h23,25,74-75,79-80H,3-22,24,26-73H2,1-2H3,(H,78,81)/b25-23-. The first-order valence-corrected chi connectivity index (χ1v) is 38.4. The summed E-state index contributed by atoms with van der Waals surface area (Å²) in [6, 6.07) is -0.541. The van der Waals surface area contributed by atoms with Gasteiger partial charge in [-0.15, -0.1) is 0 Å². The molecule has 0 heterocycles. The van der Waals surface area contributed by atoms with E-state index in [1.54, 1.807) is 0 Å². The normalized spacial score (nSPS) is 12.5. The molecule has 0 aromatic heterocycles. The number of hydrogen-bond donors (Lipinski definition) is 3. The van der Waals surface area contributed by atoms with E-state index in [0.29, 0.717) is 25.9 Å². The lowest BCUT2D eigenvalue weighted by Crippen LogP contribution is -2.45. The van der Waals surface area contributed by atoms with Crippen LogP contribution >= 0.6 is 0 Å². The number of aliphatic hydroxyl groups excluding tert-OH is 2. The second-order valence-corrected chi connectivity index (χ2v) is 26.7. The number of rotatable bonds is 73. The van der Waals surface area contributed by atoms with Crippen molar-refractivity contribution in [3.63, 3.8) is 0 Å². The fourth-order valence-electron chi connectivity index (χ4n) is 12.5. The van der Waals surface area contributed by atoms with E-state index >= 15 is 0 Å². The lowest BCUT2D eigenvalue weighted by Gasteiger charge is -2.22. The first kappa shape index (κ1) is 81.6. The van der Waals surface area contributed by atoms with Gasteiger partial charge in [-0.25, -0.2) is 0 Å². The van der Waals surface area contributed by atoms with E-state index in [2.05, 4.69) is 31.3 Å². The minimum atomic E-state index is -0.664. The summed E-state index contributed by atoms with van der Waals surface area (Å²) in [7, 11) is 0. The van der Waals surface area contributed by atoms with Crippen LogP contribution in [-0.2, 0) is 14.3 Å². The number of esters is 1. The number of amides is 1. The van der Waals surface area contributed by atoms with Crippen LogP contribution in [0.15, 0.2) is 12.2 Å². The summed E-state index contributed by atoms with van der Waals surface area (Å²) in [5.41, 5.74) is 0. The molecule has 6 nitrogen and oxygen atoms in total. The molecule has 0 aromatic rings. The molecule has 2 atom stereocenters. The molecule has 0 aliphatic heterocycles. The Morgan fingerprint density at radius 2 is 0.566 bits per heavy atom. The quantitative estimate of drug-likeness (QED) is 0.0320. The Labute approximate surface area is 520 Å². The number of nitrogens with one attached hydrogen (secondary N) is 1. The molecule has 0 bridgehead atoms. The van der Waals surface area contributed by atoms with Crippen molar-refractivity contribution in [2.24, 2.45) is 0 Å². The highest BCUT2D eigenvalue weighted by Gasteiger charge is 2.20. The molecule has 3 N–H and O–H groups in total. The molecule has 0 saturated heterocycles. The topological polar surface area (TPSA) is 95.9 Å². The van der Waals surface area contributed by atoms with Gasteiger partial charge in [-0.1, -0.05) is 392 Å². The van der Waals surface area contributed by atoms with Crippen LogP contribution in [0, 0.1) is 0 Å². The second kappa shape index (κ2) is 73.1. The minimum Gasteiger partial charge on any atom is -0.466 e. The van der Waals surface area contributed by atoms with Crippen LogP contribution < -0.4 is 5.32 Å². The number of ether oxygens (including phenoxy) is 1. The SMILES string of the molecule is CCCCCCCCCCCCCCCCCCCCCC(=O)OCCCCCCCCCCCCCC/C=C\CCCCCCCCCCCCCCCC(=O)NC(CO)C(O)CCCCCCCCCCCCCCCCCCCC. The maximum absolute atomic E-state index is 12.5. The predicted octanol–water partition coefficient (Wildman–Crippen LogP) is 25.1. The van der Waals surface area contributed by atoms with E-state index < -0.39 is 12.1 Å². The Kier molecular flexibility index (Phi) is 71.8. The fraction of sp³-hybridized carbons (Fsp3) is 0.948. The Balaban J connectivity index is 3.34. The smallest absolute Gasteiger partial charge is 0.305 e. The lowest BCUT2D eigenvalue weighted by atomic mass is 10.0. The molecule has 0 radical (unpaired) electrons. The molecular formula is C77H151NO5. The third kappa shape index (κ3) is 69.6. The van der Waals surface area contributed by atoms with Crippen molar-refractivity contribution < 1.29 is 24.5 Å². The zero-order chi connectivity index (χ0) is 59.9. The van der Waals surface area contributed by atoms with Crippen molar-refractivity contribution in [1.82, 2.24) is 5.32 Å². The highest BCUT2D eigenvalue weighted by Crippen LogP contribution is 2.20. The van der Waals surface area contributed by atoms with E-state index in [1.807, 2.05) is 0 Å². The van der Waals surface area contributed by atoms with Crippen LogP contribution in [0.2, 0.25) is 0 Å². The fourth-order valence-corrected chi connectivity index (χ4v) is 12.5. The van der Waals surface area contributed by atoms with Gasteiger partial charge in [0.15, 0.2) is 0 Å². The van der Waals surface area contributed by atoms with Crippen LogP contribution in [0.1, 0.15) is 444 Å². The van der Waals surface area contributed by atoms with Gasteiger partial charge in [-0.2, -0.15) is 0 Å². The second-order valence-electron chi connectivity index (χ2n) is 26.7. The van der Waals surface area contributed by atoms with Crippen LogP contribution in [0.25, 0.3) is 0 Å². The average molecular weight is 1170 g/mol.